The highest BCUT2D eigenvalue weighted by molar-refractivity contribution is 5.58. The number of halogens is 1. The van der Waals surface area contributed by atoms with Gasteiger partial charge in [0.2, 0.25) is 0 Å². The van der Waals surface area contributed by atoms with Gasteiger partial charge in [-0.25, -0.2) is 4.39 Å². The second-order valence-corrected chi connectivity index (χ2v) is 2.11. The third-order valence-corrected chi connectivity index (χ3v) is 1.43. The van der Waals surface area contributed by atoms with Crippen molar-refractivity contribution in [3.05, 3.63) is 24.0 Å². The van der Waals surface area contributed by atoms with Crippen LogP contribution >= 0.6 is 0 Å². The molecule has 0 fully saturated rings. The minimum Gasteiger partial charge on any atom is -0.471 e. The summed E-state index contributed by atoms with van der Waals surface area (Å²) in [5.41, 5.74) is 0.862. The summed E-state index contributed by atoms with van der Waals surface area (Å²) >= 11 is 0. The van der Waals surface area contributed by atoms with Crippen molar-refractivity contribution < 1.29 is 9.13 Å². The lowest BCUT2D eigenvalue weighted by Gasteiger charge is -1.94. The average molecular weight is 139 g/mol. The van der Waals surface area contributed by atoms with Crippen LogP contribution in [0.15, 0.2) is 18.2 Å². The minimum atomic E-state index is -0.262. The lowest BCUT2D eigenvalue weighted by Crippen LogP contribution is -1.96. The Morgan fingerprint density at radius 2 is 2.40 bits per heavy atom. The Morgan fingerprint density at radius 1 is 1.50 bits per heavy atom. The fraction of sp³-hybridized carbons (Fsp3) is 0.143. The lowest BCUT2D eigenvalue weighted by molar-refractivity contribution is 0.370. The quantitative estimate of drug-likeness (QED) is 0.589. The molecule has 1 aromatic rings. The molecule has 1 aliphatic rings. The highest BCUT2D eigenvalue weighted by atomic mass is 19.1. The number of rotatable bonds is 0. The summed E-state index contributed by atoms with van der Waals surface area (Å²) in [6.07, 6.45) is 0. The van der Waals surface area contributed by atoms with Crippen LogP contribution in [-0.4, -0.2) is 6.73 Å². The molecule has 0 radical (unpaired) electrons. The number of anilines is 1. The molecule has 1 N–H and O–H groups in total. The van der Waals surface area contributed by atoms with Crippen LogP contribution in [0, 0.1) is 5.82 Å². The van der Waals surface area contributed by atoms with Gasteiger partial charge in [0, 0.05) is 6.07 Å². The van der Waals surface area contributed by atoms with Crippen LogP contribution in [-0.2, 0) is 0 Å². The van der Waals surface area contributed by atoms with Crippen LogP contribution in [0.25, 0.3) is 0 Å². The van der Waals surface area contributed by atoms with E-state index in [2.05, 4.69) is 5.32 Å². The topological polar surface area (TPSA) is 21.3 Å². The zero-order valence-electron chi connectivity index (χ0n) is 5.23. The van der Waals surface area contributed by atoms with Gasteiger partial charge in [-0.3, -0.25) is 0 Å². The Labute approximate surface area is 57.6 Å². The monoisotopic (exact) mass is 139 g/mol. The van der Waals surface area contributed by atoms with E-state index in [0.717, 1.165) is 5.69 Å². The molecule has 0 amide bonds. The molecular weight excluding hydrogens is 133 g/mol. The van der Waals surface area contributed by atoms with Gasteiger partial charge in [0.05, 0.1) is 5.69 Å². The molecule has 1 aromatic carbocycles. The molecule has 0 bridgehead atoms. The van der Waals surface area contributed by atoms with Crippen LogP contribution < -0.4 is 10.1 Å². The molecule has 2 rings (SSSR count). The first kappa shape index (κ1) is 5.53. The van der Waals surface area contributed by atoms with E-state index < -0.39 is 0 Å². The molecule has 52 valence electrons. The van der Waals surface area contributed by atoms with Gasteiger partial charge in [0.15, 0.2) is 6.73 Å². The van der Waals surface area contributed by atoms with Crippen molar-refractivity contribution in [3.8, 4) is 5.75 Å². The van der Waals surface area contributed by atoms with Gasteiger partial charge in [0.25, 0.3) is 0 Å². The molecule has 10 heavy (non-hydrogen) atoms. The Balaban J connectivity index is 2.52. The maximum Gasteiger partial charge on any atom is 0.159 e. The zero-order chi connectivity index (χ0) is 6.97. The number of hydrogen-bond acceptors (Lipinski definition) is 2. The second kappa shape index (κ2) is 1.87. The molecule has 0 unspecified atom stereocenters. The van der Waals surface area contributed by atoms with Gasteiger partial charge in [-0.1, -0.05) is 0 Å². The SMILES string of the molecule is Fc1ccc2c(c1)OCN2. The normalized spacial score (nSPS) is 13.7. The van der Waals surface area contributed by atoms with Crippen molar-refractivity contribution >= 4 is 5.69 Å². The van der Waals surface area contributed by atoms with Crippen LogP contribution in [0.2, 0.25) is 0 Å². The summed E-state index contributed by atoms with van der Waals surface area (Å²) in [7, 11) is 0. The van der Waals surface area contributed by atoms with E-state index in [1.807, 2.05) is 0 Å². The van der Waals surface area contributed by atoms with E-state index in [0.29, 0.717) is 12.5 Å². The Kier molecular flexibility index (Phi) is 1.03. The maximum absolute atomic E-state index is 12.5. The number of nitrogens with one attached hydrogen (secondary N) is 1. The molecule has 0 aromatic heterocycles. The minimum absolute atomic E-state index is 0.262. The number of fused-ring (bicyclic) bond motifs is 1. The largest absolute Gasteiger partial charge is 0.471 e. The Bertz CT molecular complexity index is 262. The summed E-state index contributed by atoms with van der Waals surface area (Å²) in [5, 5.41) is 2.94. The predicted octanol–water partition coefficient (Wildman–Crippen LogP) is 1.59. The van der Waals surface area contributed by atoms with Crippen molar-refractivity contribution in [1.29, 1.82) is 0 Å². The molecule has 3 heteroatoms. The fourth-order valence-corrected chi connectivity index (χ4v) is 0.953. The third-order valence-electron chi connectivity index (χ3n) is 1.43. The molecular formula is C7H6FNO. The molecule has 0 spiro atoms. The molecule has 0 aliphatic carbocycles. The van der Waals surface area contributed by atoms with Crippen LogP contribution in [0.1, 0.15) is 0 Å². The van der Waals surface area contributed by atoms with Crippen LogP contribution in [0.5, 0.6) is 5.75 Å². The summed E-state index contributed by atoms with van der Waals surface area (Å²) in [6.45, 7) is 0.443. The van der Waals surface area contributed by atoms with Gasteiger partial charge < -0.3 is 10.1 Å². The first-order chi connectivity index (χ1) is 4.86. The van der Waals surface area contributed by atoms with Crippen molar-refractivity contribution in [2.45, 2.75) is 0 Å². The smallest absolute Gasteiger partial charge is 0.159 e. The van der Waals surface area contributed by atoms with Crippen molar-refractivity contribution in [2.24, 2.45) is 0 Å². The zero-order valence-corrected chi connectivity index (χ0v) is 5.23. The highest BCUT2D eigenvalue weighted by Gasteiger charge is 2.10. The van der Waals surface area contributed by atoms with Crippen molar-refractivity contribution in [2.75, 3.05) is 12.0 Å². The van der Waals surface area contributed by atoms with Gasteiger partial charge in [0.1, 0.15) is 11.6 Å². The van der Waals surface area contributed by atoms with E-state index in [1.54, 1.807) is 6.07 Å². The van der Waals surface area contributed by atoms with Gasteiger partial charge in [-0.15, -0.1) is 0 Å². The summed E-state index contributed by atoms with van der Waals surface area (Å²) < 4.78 is 17.5. The lowest BCUT2D eigenvalue weighted by atomic mass is 10.3. The predicted molar refractivity (Wildman–Crippen MR) is 35.5 cm³/mol. The van der Waals surface area contributed by atoms with Crippen molar-refractivity contribution in [1.82, 2.24) is 0 Å². The molecule has 0 saturated carbocycles. The second-order valence-electron chi connectivity index (χ2n) is 2.11. The van der Waals surface area contributed by atoms with E-state index in [1.165, 1.54) is 12.1 Å². The average Bonchev–Trinajstić information content (AvgIpc) is 2.33. The van der Waals surface area contributed by atoms with Gasteiger partial charge in [-0.05, 0) is 12.1 Å². The highest BCUT2D eigenvalue weighted by Crippen LogP contribution is 2.28. The van der Waals surface area contributed by atoms with Gasteiger partial charge in [-0.2, -0.15) is 0 Å². The Hall–Kier alpha value is -1.25. The number of benzene rings is 1. The van der Waals surface area contributed by atoms with Crippen molar-refractivity contribution in [3.63, 3.8) is 0 Å². The molecule has 2 nitrogen and oxygen atoms in total. The van der Waals surface area contributed by atoms with E-state index in [4.69, 9.17) is 4.74 Å². The van der Waals surface area contributed by atoms with Crippen LogP contribution in [0.3, 0.4) is 0 Å². The molecule has 1 heterocycles. The summed E-state index contributed by atoms with van der Waals surface area (Å²) in [6, 6.07) is 4.44. The summed E-state index contributed by atoms with van der Waals surface area (Å²) in [4.78, 5) is 0. The standard InChI is InChI=1S/C7H6FNO/c8-5-1-2-6-7(3-5)10-4-9-6/h1-3,9H,4H2. The van der Waals surface area contributed by atoms with E-state index >= 15 is 0 Å². The first-order valence-electron chi connectivity index (χ1n) is 3.02. The van der Waals surface area contributed by atoms with E-state index in [-0.39, 0.29) is 5.82 Å². The summed E-state index contributed by atoms with van der Waals surface area (Å²) in [5.74, 6) is 0.336. The molecule has 1 aliphatic heterocycles. The van der Waals surface area contributed by atoms with Crippen LogP contribution in [0.4, 0.5) is 10.1 Å². The first-order valence-corrected chi connectivity index (χ1v) is 3.02. The number of hydrogen-bond donors (Lipinski definition) is 1. The number of ether oxygens (including phenoxy) is 1. The molecule has 0 saturated heterocycles. The van der Waals surface area contributed by atoms with E-state index in [9.17, 15) is 4.39 Å². The Morgan fingerprint density at radius 3 is 3.30 bits per heavy atom. The third kappa shape index (κ3) is 0.708. The fourth-order valence-electron chi connectivity index (χ4n) is 0.953. The molecule has 0 atom stereocenters. The maximum atomic E-state index is 12.5. The van der Waals surface area contributed by atoms with Gasteiger partial charge >= 0.3 is 0 Å².